The zero-order chi connectivity index (χ0) is 13.7. The van der Waals surface area contributed by atoms with Crippen molar-refractivity contribution in [3.05, 3.63) is 29.6 Å². The molecule has 20 heavy (non-hydrogen) atoms. The summed E-state index contributed by atoms with van der Waals surface area (Å²) in [4.78, 5) is 4.65. The van der Waals surface area contributed by atoms with Crippen LogP contribution in [0.4, 0.5) is 5.69 Å². The lowest BCUT2D eigenvalue weighted by atomic mass is 9.88. The summed E-state index contributed by atoms with van der Waals surface area (Å²) in [6.07, 6.45) is 5.31. The van der Waals surface area contributed by atoms with Crippen molar-refractivity contribution >= 4 is 5.69 Å². The van der Waals surface area contributed by atoms with Crippen LogP contribution in [0.25, 0.3) is 11.5 Å². The fourth-order valence-corrected chi connectivity index (χ4v) is 3.93. The molecule has 0 spiro atoms. The Kier molecular flexibility index (Phi) is 2.59. The number of nitrogens with zero attached hydrogens (tertiary/aromatic N) is 2. The zero-order valence-electron chi connectivity index (χ0n) is 11.7. The van der Waals surface area contributed by atoms with E-state index in [4.69, 9.17) is 10.3 Å². The van der Waals surface area contributed by atoms with Crippen molar-refractivity contribution in [1.82, 2.24) is 10.1 Å². The number of hydrogen-bond acceptors (Lipinski definition) is 4. The SMILES string of the molecule is Cc1ccc(N)cc1-c1nc(C2CC3CCC2C3)no1. The molecule has 0 amide bonds. The maximum atomic E-state index is 5.85. The third-order valence-corrected chi connectivity index (χ3v) is 5.00. The molecule has 2 aliphatic carbocycles. The van der Waals surface area contributed by atoms with Crippen LogP contribution in [-0.2, 0) is 0 Å². The van der Waals surface area contributed by atoms with Crippen molar-refractivity contribution < 1.29 is 4.52 Å². The fraction of sp³-hybridized carbons (Fsp3) is 0.500. The van der Waals surface area contributed by atoms with E-state index in [0.717, 1.165) is 34.5 Å². The Bertz CT molecular complexity index is 649. The lowest BCUT2D eigenvalue weighted by Crippen LogP contribution is -2.09. The molecule has 2 aliphatic rings. The molecule has 4 rings (SSSR count). The van der Waals surface area contributed by atoms with E-state index >= 15 is 0 Å². The van der Waals surface area contributed by atoms with Gasteiger partial charge in [0.25, 0.3) is 5.89 Å². The van der Waals surface area contributed by atoms with Crippen molar-refractivity contribution in [3.63, 3.8) is 0 Å². The number of nitrogen functional groups attached to an aromatic ring is 1. The van der Waals surface area contributed by atoms with Crippen LogP contribution in [0.2, 0.25) is 0 Å². The van der Waals surface area contributed by atoms with Crippen molar-refractivity contribution in [1.29, 1.82) is 0 Å². The van der Waals surface area contributed by atoms with Gasteiger partial charge in [-0.25, -0.2) is 0 Å². The predicted molar refractivity (Wildman–Crippen MR) is 77.1 cm³/mol. The van der Waals surface area contributed by atoms with Gasteiger partial charge in [0.2, 0.25) is 0 Å². The van der Waals surface area contributed by atoms with Crippen LogP contribution in [0.3, 0.4) is 0 Å². The molecule has 104 valence electrons. The molecule has 1 heterocycles. The van der Waals surface area contributed by atoms with Crippen LogP contribution >= 0.6 is 0 Å². The van der Waals surface area contributed by atoms with Crippen LogP contribution in [0.15, 0.2) is 22.7 Å². The van der Waals surface area contributed by atoms with Crippen LogP contribution < -0.4 is 5.73 Å². The Hall–Kier alpha value is -1.84. The average Bonchev–Trinajstić information content (AvgIpc) is 3.15. The number of aryl methyl sites for hydroxylation is 1. The van der Waals surface area contributed by atoms with Gasteiger partial charge in [-0.15, -0.1) is 0 Å². The Labute approximate surface area is 118 Å². The minimum atomic E-state index is 0.507. The third kappa shape index (κ3) is 1.82. The van der Waals surface area contributed by atoms with Crippen LogP contribution in [0.5, 0.6) is 0 Å². The van der Waals surface area contributed by atoms with Gasteiger partial charge >= 0.3 is 0 Å². The van der Waals surface area contributed by atoms with Gasteiger partial charge in [0.15, 0.2) is 5.82 Å². The fourth-order valence-electron chi connectivity index (χ4n) is 3.93. The van der Waals surface area contributed by atoms with Gasteiger partial charge < -0.3 is 10.3 Å². The number of hydrogen-bond donors (Lipinski definition) is 1. The maximum absolute atomic E-state index is 5.85. The second-order valence-corrected chi connectivity index (χ2v) is 6.31. The summed E-state index contributed by atoms with van der Waals surface area (Å²) in [7, 11) is 0. The van der Waals surface area contributed by atoms with E-state index in [0.29, 0.717) is 11.8 Å². The maximum Gasteiger partial charge on any atom is 0.258 e. The number of rotatable bonds is 2. The molecule has 0 radical (unpaired) electrons. The Morgan fingerprint density at radius 1 is 1.25 bits per heavy atom. The lowest BCUT2D eigenvalue weighted by molar-refractivity contribution is 0.372. The molecule has 0 saturated heterocycles. The molecular weight excluding hydrogens is 250 g/mol. The first-order valence-electron chi connectivity index (χ1n) is 7.41. The van der Waals surface area contributed by atoms with Crippen LogP contribution in [0, 0.1) is 18.8 Å². The van der Waals surface area contributed by atoms with Gasteiger partial charge in [0.05, 0.1) is 0 Å². The second kappa shape index (κ2) is 4.33. The molecule has 2 bridgehead atoms. The Morgan fingerprint density at radius 2 is 2.15 bits per heavy atom. The largest absolute Gasteiger partial charge is 0.399 e. The quantitative estimate of drug-likeness (QED) is 0.847. The number of nitrogens with two attached hydrogens (primary N) is 1. The predicted octanol–water partition coefficient (Wildman–Crippen LogP) is 3.53. The van der Waals surface area contributed by atoms with Gasteiger partial charge in [0.1, 0.15) is 0 Å². The first-order chi connectivity index (χ1) is 9.70. The van der Waals surface area contributed by atoms with Gasteiger partial charge in [-0.1, -0.05) is 17.6 Å². The molecule has 1 aromatic carbocycles. The number of aromatic nitrogens is 2. The minimum absolute atomic E-state index is 0.507. The summed E-state index contributed by atoms with van der Waals surface area (Å²) in [6, 6.07) is 5.80. The number of benzene rings is 1. The van der Waals surface area contributed by atoms with Crippen molar-refractivity contribution in [2.24, 2.45) is 11.8 Å². The summed E-state index contributed by atoms with van der Waals surface area (Å²) in [6.45, 7) is 2.04. The Morgan fingerprint density at radius 3 is 2.90 bits per heavy atom. The summed E-state index contributed by atoms with van der Waals surface area (Å²) in [5.74, 6) is 3.67. The number of anilines is 1. The van der Waals surface area contributed by atoms with E-state index < -0.39 is 0 Å². The minimum Gasteiger partial charge on any atom is -0.399 e. The highest BCUT2D eigenvalue weighted by Crippen LogP contribution is 2.52. The van der Waals surface area contributed by atoms with Crippen LogP contribution in [0.1, 0.15) is 43.0 Å². The monoisotopic (exact) mass is 269 g/mol. The highest BCUT2D eigenvalue weighted by molar-refractivity contribution is 5.63. The van der Waals surface area contributed by atoms with E-state index in [9.17, 15) is 0 Å². The molecule has 4 nitrogen and oxygen atoms in total. The normalized spacial score (nSPS) is 28.1. The highest BCUT2D eigenvalue weighted by Gasteiger charge is 2.42. The van der Waals surface area contributed by atoms with Crippen LogP contribution in [-0.4, -0.2) is 10.1 Å². The molecule has 0 aliphatic heterocycles. The van der Waals surface area contributed by atoms with Gasteiger partial charge in [-0.3, -0.25) is 0 Å². The van der Waals surface area contributed by atoms with E-state index in [1.807, 2.05) is 25.1 Å². The van der Waals surface area contributed by atoms with Gasteiger partial charge in [0, 0.05) is 17.2 Å². The Balaban J connectivity index is 1.66. The average molecular weight is 269 g/mol. The molecule has 3 atom stereocenters. The zero-order valence-corrected chi connectivity index (χ0v) is 11.7. The second-order valence-electron chi connectivity index (χ2n) is 6.31. The van der Waals surface area contributed by atoms with Crippen molar-refractivity contribution in [2.45, 2.75) is 38.5 Å². The molecule has 1 aromatic heterocycles. The standard InChI is InChI=1S/C16H19N3O/c1-9-2-5-12(17)8-13(9)16-18-15(19-20-16)14-7-10-3-4-11(14)6-10/h2,5,8,10-11,14H,3-4,6-7,17H2,1H3. The van der Waals surface area contributed by atoms with E-state index in [1.165, 1.54) is 25.7 Å². The van der Waals surface area contributed by atoms with Gasteiger partial charge in [-0.05, 0) is 55.7 Å². The summed E-state index contributed by atoms with van der Waals surface area (Å²) < 4.78 is 5.49. The first kappa shape index (κ1) is 11.9. The highest BCUT2D eigenvalue weighted by atomic mass is 16.5. The molecule has 3 unspecified atom stereocenters. The third-order valence-electron chi connectivity index (χ3n) is 5.00. The molecule has 2 fully saturated rings. The van der Waals surface area contributed by atoms with E-state index in [1.54, 1.807) is 0 Å². The molecule has 2 aromatic rings. The summed E-state index contributed by atoms with van der Waals surface area (Å²) >= 11 is 0. The molecular formula is C16H19N3O. The smallest absolute Gasteiger partial charge is 0.258 e. The molecule has 2 N–H and O–H groups in total. The van der Waals surface area contributed by atoms with Crippen molar-refractivity contribution in [3.8, 4) is 11.5 Å². The lowest BCUT2D eigenvalue weighted by Gasteiger charge is -2.17. The van der Waals surface area contributed by atoms with Gasteiger partial charge in [-0.2, -0.15) is 4.98 Å². The van der Waals surface area contributed by atoms with E-state index in [2.05, 4.69) is 10.1 Å². The topological polar surface area (TPSA) is 64.9 Å². The first-order valence-corrected chi connectivity index (χ1v) is 7.41. The number of fused-ring (bicyclic) bond motifs is 2. The summed E-state index contributed by atoms with van der Waals surface area (Å²) in [5, 5.41) is 4.24. The summed E-state index contributed by atoms with van der Waals surface area (Å²) in [5.41, 5.74) is 8.64. The van der Waals surface area contributed by atoms with E-state index in [-0.39, 0.29) is 0 Å². The molecule has 2 saturated carbocycles. The van der Waals surface area contributed by atoms with Crippen molar-refractivity contribution in [2.75, 3.05) is 5.73 Å². The molecule has 4 heteroatoms.